The molecule has 0 aliphatic heterocycles. The number of aliphatic hydroxyl groups is 1. The third kappa shape index (κ3) is 3.61. The summed E-state index contributed by atoms with van der Waals surface area (Å²) >= 11 is 3.44. The lowest BCUT2D eigenvalue weighted by Crippen LogP contribution is -2.05. The van der Waals surface area contributed by atoms with E-state index in [0.717, 1.165) is 23.1 Å². The number of aromatic nitrogens is 2. The van der Waals surface area contributed by atoms with Crippen molar-refractivity contribution >= 4 is 23.1 Å². The molecule has 2 aromatic heterocycles. The Labute approximate surface area is 138 Å². The summed E-state index contributed by atoms with van der Waals surface area (Å²) in [5.41, 5.74) is 3.43. The molecule has 0 amide bonds. The third-order valence-corrected chi connectivity index (χ3v) is 5.33. The summed E-state index contributed by atoms with van der Waals surface area (Å²) in [6.45, 7) is 2.89. The Hall–Kier alpha value is -1.56. The van der Waals surface area contributed by atoms with Crippen LogP contribution in [0.25, 0.3) is 0 Å². The normalized spacial score (nSPS) is 11.0. The number of imidazole rings is 1. The molecule has 1 aromatic carbocycles. The highest BCUT2D eigenvalue weighted by Gasteiger charge is 2.11. The lowest BCUT2D eigenvalue weighted by atomic mass is 10.2. The monoisotopic (exact) mass is 330 g/mol. The summed E-state index contributed by atoms with van der Waals surface area (Å²) in [7, 11) is 0. The van der Waals surface area contributed by atoms with Gasteiger partial charge < -0.3 is 9.67 Å². The first-order valence-electron chi connectivity index (χ1n) is 7.12. The summed E-state index contributed by atoms with van der Waals surface area (Å²) in [5, 5.41) is 12.5. The maximum absolute atomic E-state index is 9.52. The van der Waals surface area contributed by atoms with Crippen molar-refractivity contribution in [2.45, 2.75) is 31.0 Å². The van der Waals surface area contributed by atoms with Gasteiger partial charge in [-0.25, -0.2) is 4.98 Å². The van der Waals surface area contributed by atoms with E-state index in [0.29, 0.717) is 0 Å². The summed E-state index contributed by atoms with van der Waals surface area (Å²) in [4.78, 5) is 5.74. The highest BCUT2D eigenvalue weighted by atomic mass is 32.2. The average Bonchev–Trinajstić information content (AvgIpc) is 3.16. The Morgan fingerprint density at radius 1 is 1.27 bits per heavy atom. The second-order valence-electron chi connectivity index (χ2n) is 5.13. The van der Waals surface area contributed by atoms with E-state index in [4.69, 9.17) is 0 Å². The van der Waals surface area contributed by atoms with Crippen LogP contribution in [0.3, 0.4) is 0 Å². The Balaban J connectivity index is 1.77. The maximum atomic E-state index is 9.52. The minimum Gasteiger partial charge on any atom is -0.390 e. The fourth-order valence-corrected chi connectivity index (χ4v) is 3.94. The highest BCUT2D eigenvalue weighted by Crippen LogP contribution is 2.25. The van der Waals surface area contributed by atoms with E-state index >= 15 is 0 Å². The molecule has 1 N–H and O–H groups in total. The number of hydrogen-bond acceptors (Lipinski definition) is 4. The molecule has 22 heavy (non-hydrogen) atoms. The summed E-state index contributed by atoms with van der Waals surface area (Å²) in [6.07, 6.45) is 1.77. The molecule has 3 aromatic rings. The van der Waals surface area contributed by atoms with Crippen LogP contribution >= 0.6 is 23.1 Å². The number of hydrogen-bond donors (Lipinski definition) is 1. The largest absolute Gasteiger partial charge is 0.390 e. The molecule has 3 rings (SSSR count). The molecule has 0 saturated carbocycles. The first-order valence-corrected chi connectivity index (χ1v) is 8.99. The minimum absolute atomic E-state index is 0.0172. The van der Waals surface area contributed by atoms with Crippen LogP contribution < -0.4 is 0 Å². The summed E-state index contributed by atoms with van der Waals surface area (Å²) < 4.78 is 2.10. The van der Waals surface area contributed by atoms with Crippen LogP contribution in [0.5, 0.6) is 0 Å². The number of rotatable bonds is 6. The van der Waals surface area contributed by atoms with Gasteiger partial charge in [-0.15, -0.1) is 11.3 Å². The number of thioether (sulfide) groups is 1. The lowest BCUT2D eigenvalue weighted by Gasteiger charge is -2.09. The van der Waals surface area contributed by atoms with Gasteiger partial charge in [-0.2, -0.15) is 0 Å². The molecule has 0 fully saturated rings. The van der Waals surface area contributed by atoms with Crippen molar-refractivity contribution in [1.29, 1.82) is 0 Å². The van der Waals surface area contributed by atoms with Gasteiger partial charge in [-0.1, -0.05) is 47.7 Å². The van der Waals surface area contributed by atoms with E-state index < -0.39 is 0 Å². The predicted molar refractivity (Wildman–Crippen MR) is 92.3 cm³/mol. The SMILES string of the molecule is Cc1cccc(CSc2ncc(CO)n2Cc2cccs2)c1. The van der Waals surface area contributed by atoms with Gasteiger partial charge in [0.15, 0.2) is 5.16 Å². The van der Waals surface area contributed by atoms with Gasteiger partial charge in [0.05, 0.1) is 25.0 Å². The molecule has 2 heterocycles. The Kier molecular flexibility index (Phi) is 4.97. The van der Waals surface area contributed by atoms with Crippen molar-refractivity contribution < 1.29 is 5.11 Å². The van der Waals surface area contributed by atoms with Gasteiger partial charge >= 0.3 is 0 Å². The van der Waals surface area contributed by atoms with E-state index in [1.165, 1.54) is 16.0 Å². The molecule has 0 bridgehead atoms. The lowest BCUT2D eigenvalue weighted by molar-refractivity contribution is 0.270. The zero-order valence-corrected chi connectivity index (χ0v) is 14.0. The zero-order valence-electron chi connectivity index (χ0n) is 12.4. The summed E-state index contributed by atoms with van der Waals surface area (Å²) in [5.74, 6) is 0.883. The molecular weight excluding hydrogens is 312 g/mol. The van der Waals surface area contributed by atoms with Gasteiger partial charge in [0, 0.05) is 10.6 Å². The minimum atomic E-state index is 0.0172. The van der Waals surface area contributed by atoms with Crippen molar-refractivity contribution in [2.75, 3.05) is 0 Å². The number of aryl methyl sites for hydroxylation is 1. The number of nitrogens with zero attached hydrogens (tertiary/aromatic N) is 2. The van der Waals surface area contributed by atoms with Crippen molar-refractivity contribution in [3.05, 3.63) is 69.7 Å². The topological polar surface area (TPSA) is 38.1 Å². The smallest absolute Gasteiger partial charge is 0.168 e. The first-order chi connectivity index (χ1) is 10.8. The fraction of sp³-hybridized carbons (Fsp3) is 0.235. The van der Waals surface area contributed by atoms with E-state index in [2.05, 4.69) is 58.3 Å². The van der Waals surface area contributed by atoms with Gasteiger partial charge in [0.1, 0.15) is 0 Å². The van der Waals surface area contributed by atoms with Crippen LogP contribution in [0.1, 0.15) is 21.7 Å². The fourth-order valence-electron chi connectivity index (χ4n) is 2.31. The van der Waals surface area contributed by atoms with Crippen LogP contribution in [-0.4, -0.2) is 14.7 Å². The molecule has 0 aliphatic carbocycles. The van der Waals surface area contributed by atoms with E-state index in [9.17, 15) is 5.11 Å². The van der Waals surface area contributed by atoms with Crippen LogP contribution in [0.2, 0.25) is 0 Å². The number of thiophene rings is 1. The Bertz CT molecular complexity index is 735. The first kappa shape index (κ1) is 15.3. The molecule has 0 aliphatic rings. The molecule has 0 radical (unpaired) electrons. The quantitative estimate of drug-likeness (QED) is 0.692. The van der Waals surface area contributed by atoms with E-state index in [1.54, 1.807) is 29.3 Å². The highest BCUT2D eigenvalue weighted by molar-refractivity contribution is 7.98. The van der Waals surface area contributed by atoms with Crippen molar-refractivity contribution in [1.82, 2.24) is 9.55 Å². The van der Waals surface area contributed by atoms with Gasteiger partial charge in [0.2, 0.25) is 0 Å². The maximum Gasteiger partial charge on any atom is 0.168 e. The van der Waals surface area contributed by atoms with Crippen molar-refractivity contribution in [3.8, 4) is 0 Å². The number of aliphatic hydroxyl groups excluding tert-OH is 1. The Morgan fingerprint density at radius 2 is 2.18 bits per heavy atom. The molecule has 0 unspecified atom stereocenters. The van der Waals surface area contributed by atoms with E-state index in [-0.39, 0.29) is 6.61 Å². The van der Waals surface area contributed by atoms with Crippen molar-refractivity contribution in [2.24, 2.45) is 0 Å². The average molecular weight is 330 g/mol. The zero-order chi connectivity index (χ0) is 15.4. The summed E-state index contributed by atoms with van der Waals surface area (Å²) in [6, 6.07) is 12.7. The molecule has 114 valence electrons. The third-order valence-electron chi connectivity index (χ3n) is 3.41. The predicted octanol–water partition coefficient (Wildman–Crippen LogP) is 4.09. The number of benzene rings is 1. The standard InChI is InChI=1S/C17H18N2OS2/c1-13-4-2-5-14(8-13)12-22-17-18-9-15(11-20)19(17)10-16-6-3-7-21-16/h2-9,20H,10-12H2,1H3. The molecule has 0 saturated heterocycles. The van der Waals surface area contributed by atoms with E-state index in [1.807, 2.05) is 0 Å². The van der Waals surface area contributed by atoms with Gasteiger partial charge in [0.25, 0.3) is 0 Å². The van der Waals surface area contributed by atoms with Crippen LogP contribution in [0.15, 0.2) is 53.1 Å². The van der Waals surface area contributed by atoms with Crippen LogP contribution in [0, 0.1) is 6.92 Å². The molecule has 5 heteroatoms. The molecule has 3 nitrogen and oxygen atoms in total. The van der Waals surface area contributed by atoms with Gasteiger partial charge in [-0.05, 0) is 23.9 Å². The second kappa shape index (κ2) is 7.13. The second-order valence-corrected chi connectivity index (χ2v) is 7.11. The van der Waals surface area contributed by atoms with Crippen molar-refractivity contribution in [3.63, 3.8) is 0 Å². The molecule has 0 atom stereocenters. The Morgan fingerprint density at radius 3 is 2.91 bits per heavy atom. The van der Waals surface area contributed by atoms with Gasteiger partial charge in [-0.3, -0.25) is 0 Å². The molecular formula is C17H18N2OS2. The van der Waals surface area contributed by atoms with Crippen LogP contribution in [0.4, 0.5) is 0 Å². The van der Waals surface area contributed by atoms with Crippen LogP contribution in [-0.2, 0) is 18.9 Å². The molecule has 0 spiro atoms.